The fourth-order valence-corrected chi connectivity index (χ4v) is 1.98. The van der Waals surface area contributed by atoms with E-state index in [1.54, 1.807) is 0 Å². The van der Waals surface area contributed by atoms with Crippen LogP contribution in [0.3, 0.4) is 0 Å². The average Bonchev–Trinajstić information content (AvgIpc) is 2.33. The molecule has 0 aliphatic heterocycles. The van der Waals surface area contributed by atoms with Crippen molar-refractivity contribution in [2.45, 2.75) is 44.6 Å². The van der Waals surface area contributed by atoms with Gasteiger partial charge < -0.3 is 5.11 Å². The van der Waals surface area contributed by atoms with Crippen LogP contribution < -0.4 is 5.90 Å². The van der Waals surface area contributed by atoms with Crippen LogP contribution in [0, 0.1) is 5.92 Å². The first-order valence-corrected chi connectivity index (χ1v) is 4.84. The molecule has 0 saturated heterocycles. The zero-order valence-electron chi connectivity index (χ0n) is 7.74. The first-order chi connectivity index (χ1) is 6.25. The van der Waals surface area contributed by atoms with Crippen molar-refractivity contribution < 1.29 is 14.7 Å². The minimum Gasteiger partial charge on any atom is -0.479 e. The Balaban J connectivity index is 2.50. The highest BCUT2D eigenvalue weighted by atomic mass is 16.6. The lowest BCUT2D eigenvalue weighted by molar-refractivity contribution is -0.155. The number of carboxylic acids is 1. The van der Waals surface area contributed by atoms with Crippen LogP contribution in [0.25, 0.3) is 0 Å². The zero-order valence-corrected chi connectivity index (χ0v) is 7.74. The number of aliphatic carboxylic acids is 1. The van der Waals surface area contributed by atoms with E-state index in [1.807, 2.05) is 0 Å². The van der Waals surface area contributed by atoms with Gasteiger partial charge in [-0.3, -0.25) is 4.84 Å². The maximum Gasteiger partial charge on any atom is 0.335 e. The molecule has 1 fully saturated rings. The summed E-state index contributed by atoms with van der Waals surface area (Å²) >= 11 is 0. The van der Waals surface area contributed by atoms with Crippen molar-refractivity contribution in [2.24, 2.45) is 11.8 Å². The minimum absolute atomic E-state index is 0.102. The van der Waals surface area contributed by atoms with E-state index in [9.17, 15) is 4.79 Å². The third kappa shape index (κ3) is 2.97. The van der Waals surface area contributed by atoms with Gasteiger partial charge in [0.15, 0.2) is 6.10 Å². The van der Waals surface area contributed by atoms with Gasteiger partial charge in [-0.25, -0.2) is 10.7 Å². The van der Waals surface area contributed by atoms with Gasteiger partial charge in [0, 0.05) is 0 Å². The Hall–Kier alpha value is -0.610. The molecule has 0 bridgehead atoms. The number of carbonyl (C=O) groups is 1. The lowest BCUT2D eigenvalue weighted by Crippen LogP contribution is -2.34. The Bertz CT molecular complexity index is 164. The smallest absolute Gasteiger partial charge is 0.335 e. The van der Waals surface area contributed by atoms with E-state index in [-0.39, 0.29) is 5.92 Å². The van der Waals surface area contributed by atoms with E-state index < -0.39 is 12.1 Å². The number of hydrogen-bond acceptors (Lipinski definition) is 3. The molecular formula is C9H17NO3. The van der Waals surface area contributed by atoms with Gasteiger partial charge in [0.2, 0.25) is 0 Å². The van der Waals surface area contributed by atoms with Crippen LogP contribution in [0.15, 0.2) is 0 Å². The largest absolute Gasteiger partial charge is 0.479 e. The number of hydrogen-bond donors (Lipinski definition) is 2. The molecule has 13 heavy (non-hydrogen) atoms. The summed E-state index contributed by atoms with van der Waals surface area (Å²) in [6.45, 7) is 0. The number of nitrogens with two attached hydrogens (primary N) is 1. The second-order valence-corrected chi connectivity index (χ2v) is 3.65. The summed E-state index contributed by atoms with van der Waals surface area (Å²) in [4.78, 5) is 15.2. The highest BCUT2D eigenvalue weighted by Crippen LogP contribution is 2.26. The van der Waals surface area contributed by atoms with Gasteiger partial charge in [0.05, 0.1) is 0 Å². The molecule has 1 saturated carbocycles. The minimum atomic E-state index is -0.936. The summed E-state index contributed by atoms with van der Waals surface area (Å²) in [7, 11) is 0. The van der Waals surface area contributed by atoms with Gasteiger partial charge in [-0.15, -0.1) is 0 Å². The molecule has 76 valence electrons. The molecule has 0 heterocycles. The van der Waals surface area contributed by atoms with Gasteiger partial charge in [-0.2, -0.15) is 0 Å². The molecule has 0 amide bonds. The van der Waals surface area contributed by atoms with Crippen LogP contribution in [0.5, 0.6) is 0 Å². The van der Waals surface area contributed by atoms with Gasteiger partial charge in [-0.1, -0.05) is 25.7 Å². The van der Waals surface area contributed by atoms with Crippen LogP contribution in [0.2, 0.25) is 0 Å². The average molecular weight is 187 g/mol. The molecule has 0 aromatic heterocycles. The molecule has 1 rings (SSSR count). The second kappa shape index (κ2) is 5.19. The summed E-state index contributed by atoms with van der Waals surface area (Å²) in [5.74, 6) is 4.14. The van der Waals surface area contributed by atoms with Gasteiger partial charge >= 0.3 is 5.97 Å². The fourth-order valence-electron chi connectivity index (χ4n) is 1.98. The van der Waals surface area contributed by atoms with E-state index in [0.29, 0.717) is 0 Å². The van der Waals surface area contributed by atoms with Crippen LogP contribution in [0.1, 0.15) is 38.5 Å². The quantitative estimate of drug-likeness (QED) is 0.516. The Kier molecular flexibility index (Phi) is 4.18. The van der Waals surface area contributed by atoms with Crippen molar-refractivity contribution >= 4 is 5.97 Å². The van der Waals surface area contributed by atoms with Crippen molar-refractivity contribution in [3.63, 3.8) is 0 Å². The van der Waals surface area contributed by atoms with E-state index in [4.69, 9.17) is 11.0 Å². The monoisotopic (exact) mass is 187 g/mol. The molecule has 0 spiro atoms. The molecule has 4 nitrogen and oxygen atoms in total. The number of carboxylic acid groups (broad SMARTS) is 1. The third-order valence-electron chi connectivity index (χ3n) is 2.72. The zero-order chi connectivity index (χ0) is 9.68. The predicted molar refractivity (Wildman–Crippen MR) is 47.9 cm³/mol. The normalized spacial score (nSPS) is 22.2. The van der Waals surface area contributed by atoms with Crippen LogP contribution in [-0.4, -0.2) is 17.2 Å². The SMILES string of the molecule is NOC(C(=O)O)C1CCCCCC1. The molecule has 1 aliphatic rings. The van der Waals surface area contributed by atoms with Crippen molar-refractivity contribution in [3.05, 3.63) is 0 Å². The van der Waals surface area contributed by atoms with Crippen LogP contribution in [-0.2, 0) is 9.63 Å². The standard InChI is InChI=1S/C9H17NO3/c10-13-8(9(11)12)7-5-3-1-2-4-6-7/h7-8H,1-6,10H2,(H,11,12). The van der Waals surface area contributed by atoms with Crippen molar-refractivity contribution in [3.8, 4) is 0 Å². The van der Waals surface area contributed by atoms with Gasteiger partial charge in [-0.05, 0) is 18.8 Å². The Morgan fingerprint density at radius 2 is 1.85 bits per heavy atom. The Morgan fingerprint density at radius 3 is 2.23 bits per heavy atom. The van der Waals surface area contributed by atoms with Crippen molar-refractivity contribution in [1.82, 2.24) is 0 Å². The number of rotatable bonds is 3. The fraction of sp³-hybridized carbons (Fsp3) is 0.889. The topological polar surface area (TPSA) is 72.5 Å². The van der Waals surface area contributed by atoms with Gasteiger partial charge in [0.1, 0.15) is 0 Å². The molecule has 1 unspecified atom stereocenters. The van der Waals surface area contributed by atoms with Crippen molar-refractivity contribution in [1.29, 1.82) is 0 Å². The lowest BCUT2D eigenvalue weighted by atomic mass is 9.94. The molecule has 0 aromatic carbocycles. The van der Waals surface area contributed by atoms with Crippen LogP contribution >= 0.6 is 0 Å². The summed E-state index contributed by atoms with van der Waals surface area (Å²) in [6.07, 6.45) is 5.64. The van der Waals surface area contributed by atoms with Crippen molar-refractivity contribution in [2.75, 3.05) is 0 Å². The third-order valence-corrected chi connectivity index (χ3v) is 2.72. The molecule has 0 radical (unpaired) electrons. The summed E-state index contributed by atoms with van der Waals surface area (Å²) in [5, 5.41) is 8.81. The van der Waals surface area contributed by atoms with E-state index in [0.717, 1.165) is 25.7 Å². The molecule has 0 aromatic rings. The lowest BCUT2D eigenvalue weighted by Gasteiger charge is -2.19. The molecule has 1 aliphatic carbocycles. The highest BCUT2D eigenvalue weighted by Gasteiger charge is 2.28. The second-order valence-electron chi connectivity index (χ2n) is 3.65. The summed E-state index contributed by atoms with van der Waals surface area (Å²) in [5.41, 5.74) is 0. The summed E-state index contributed by atoms with van der Waals surface area (Å²) in [6, 6.07) is 0. The first kappa shape index (κ1) is 10.5. The maximum atomic E-state index is 10.7. The predicted octanol–water partition coefficient (Wildman–Crippen LogP) is 1.30. The first-order valence-electron chi connectivity index (χ1n) is 4.84. The van der Waals surface area contributed by atoms with E-state index >= 15 is 0 Å². The van der Waals surface area contributed by atoms with Crippen LogP contribution in [0.4, 0.5) is 0 Å². The summed E-state index contributed by atoms with van der Waals surface area (Å²) < 4.78 is 0. The Morgan fingerprint density at radius 1 is 1.31 bits per heavy atom. The molecular weight excluding hydrogens is 170 g/mol. The Labute approximate surface area is 78.0 Å². The van der Waals surface area contributed by atoms with E-state index in [2.05, 4.69) is 4.84 Å². The van der Waals surface area contributed by atoms with Gasteiger partial charge in [0.25, 0.3) is 0 Å². The molecule has 3 N–H and O–H groups in total. The molecule has 4 heteroatoms. The highest BCUT2D eigenvalue weighted by molar-refractivity contribution is 5.72. The molecule has 1 atom stereocenters. The van der Waals surface area contributed by atoms with E-state index in [1.165, 1.54) is 12.8 Å². The maximum absolute atomic E-state index is 10.7.